The van der Waals surface area contributed by atoms with Gasteiger partial charge in [-0.2, -0.15) is 0 Å². The smallest absolute Gasteiger partial charge is 0.407 e. The van der Waals surface area contributed by atoms with Crippen LogP contribution in [0.15, 0.2) is 42.5 Å². The number of hydrogen-bond donors (Lipinski definition) is 4. The number of nitrogens with two attached hydrogens (primary N) is 1. The lowest BCUT2D eigenvalue weighted by molar-refractivity contribution is -0.135. The average molecular weight is 496 g/mol. The number of anilines is 2. The highest BCUT2D eigenvalue weighted by Gasteiger charge is 2.30. The molecule has 1 fully saturated rings. The molecule has 36 heavy (non-hydrogen) atoms. The topological polar surface area (TPSA) is 154 Å². The highest BCUT2D eigenvalue weighted by atomic mass is 16.5. The summed E-state index contributed by atoms with van der Waals surface area (Å²) in [7, 11) is 1.74. The van der Waals surface area contributed by atoms with Gasteiger partial charge in [0.2, 0.25) is 11.8 Å². The normalized spacial score (nSPS) is 18.5. The standard InChI is InChI=1S/C25H29N5O6/c1-29-20-12-17(7-8-18(20)27-13-22(29)31)16-5-3-15(4-6-16)11-19(23(26)32)28-24(33)21-14-30(25(34)35)9-2-10-36-21/h3-8,12,19,21,27H,2,9-11,13-14H2,1H3,(H2,26,32)(H,28,33)(H,34,35)/t19-,21-/m0/s1. The summed E-state index contributed by atoms with van der Waals surface area (Å²) < 4.78 is 5.50. The van der Waals surface area contributed by atoms with E-state index in [0.29, 0.717) is 6.42 Å². The molecule has 2 aliphatic heterocycles. The van der Waals surface area contributed by atoms with Crippen molar-refractivity contribution in [1.82, 2.24) is 10.2 Å². The van der Waals surface area contributed by atoms with Crippen LogP contribution in [0.25, 0.3) is 11.1 Å². The number of hydrogen-bond acceptors (Lipinski definition) is 6. The quantitative estimate of drug-likeness (QED) is 0.466. The second-order valence-corrected chi connectivity index (χ2v) is 8.84. The maximum Gasteiger partial charge on any atom is 0.407 e. The van der Waals surface area contributed by atoms with Gasteiger partial charge < -0.3 is 36.0 Å². The van der Waals surface area contributed by atoms with Gasteiger partial charge in [0.15, 0.2) is 6.10 Å². The third-order valence-electron chi connectivity index (χ3n) is 6.39. The Morgan fingerprint density at radius 2 is 1.92 bits per heavy atom. The molecule has 190 valence electrons. The van der Waals surface area contributed by atoms with Crippen LogP contribution < -0.4 is 21.3 Å². The van der Waals surface area contributed by atoms with Crippen molar-refractivity contribution >= 4 is 35.2 Å². The van der Waals surface area contributed by atoms with Crippen molar-refractivity contribution < 1.29 is 29.0 Å². The number of carbonyl (C=O) groups excluding carboxylic acids is 3. The largest absolute Gasteiger partial charge is 0.465 e. The van der Waals surface area contributed by atoms with Gasteiger partial charge in [0.05, 0.1) is 24.5 Å². The summed E-state index contributed by atoms with van der Waals surface area (Å²) in [6.07, 6.45) is -1.49. The minimum atomic E-state index is -1.13. The molecule has 0 aliphatic carbocycles. The molecule has 4 rings (SSSR count). The van der Waals surface area contributed by atoms with E-state index in [2.05, 4.69) is 10.6 Å². The van der Waals surface area contributed by atoms with Gasteiger partial charge >= 0.3 is 6.09 Å². The summed E-state index contributed by atoms with van der Waals surface area (Å²) in [5.41, 5.74) is 9.86. The summed E-state index contributed by atoms with van der Waals surface area (Å²) in [5.74, 6) is -1.30. The number of ether oxygens (including phenoxy) is 1. The zero-order valence-corrected chi connectivity index (χ0v) is 19.9. The number of rotatable bonds is 6. The van der Waals surface area contributed by atoms with E-state index in [1.54, 1.807) is 11.9 Å². The molecule has 0 spiro atoms. The zero-order chi connectivity index (χ0) is 25.8. The maximum atomic E-state index is 12.7. The Hall–Kier alpha value is -4.12. The summed E-state index contributed by atoms with van der Waals surface area (Å²) >= 11 is 0. The Bertz CT molecular complexity index is 1170. The van der Waals surface area contributed by atoms with Crippen LogP contribution in [0, 0.1) is 0 Å². The van der Waals surface area contributed by atoms with E-state index >= 15 is 0 Å². The summed E-state index contributed by atoms with van der Waals surface area (Å²) in [5, 5.41) is 15.0. The molecule has 1 saturated heterocycles. The highest BCUT2D eigenvalue weighted by Crippen LogP contribution is 2.33. The number of carboxylic acid groups (broad SMARTS) is 1. The van der Waals surface area contributed by atoms with Crippen LogP contribution >= 0.6 is 0 Å². The van der Waals surface area contributed by atoms with Crippen LogP contribution in [0.5, 0.6) is 0 Å². The number of amides is 4. The lowest BCUT2D eigenvalue weighted by Gasteiger charge is -2.27. The Balaban J connectivity index is 1.43. The number of carbonyl (C=O) groups is 4. The molecule has 2 atom stereocenters. The summed E-state index contributed by atoms with van der Waals surface area (Å²) in [4.78, 5) is 50.9. The van der Waals surface area contributed by atoms with Gasteiger partial charge in [0.25, 0.3) is 5.91 Å². The van der Waals surface area contributed by atoms with Crippen molar-refractivity contribution in [2.24, 2.45) is 5.73 Å². The van der Waals surface area contributed by atoms with Crippen LogP contribution in [0.1, 0.15) is 12.0 Å². The van der Waals surface area contributed by atoms with Crippen LogP contribution in [-0.2, 0) is 25.5 Å². The molecule has 0 unspecified atom stereocenters. The van der Waals surface area contributed by atoms with E-state index in [1.165, 1.54) is 0 Å². The third-order valence-corrected chi connectivity index (χ3v) is 6.39. The molecule has 2 aromatic carbocycles. The van der Waals surface area contributed by atoms with E-state index in [0.717, 1.165) is 33.0 Å². The molecule has 2 heterocycles. The molecule has 11 nitrogen and oxygen atoms in total. The molecule has 2 aliphatic rings. The fraction of sp³-hybridized carbons (Fsp3) is 0.360. The first-order valence-corrected chi connectivity index (χ1v) is 11.7. The van der Waals surface area contributed by atoms with Gasteiger partial charge in [0, 0.05) is 26.6 Å². The molecule has 0 bridgehead atoms. The van der Waals surface area contributed by atoms with Crippen LogP contribution in [0.4, 0.5) is 16.2 Å². The van der Waals surface area contributed by atoms with Gasteiger partial charge in [0.1, 0.15) is 6.04 Å². The van der Waals surface area contributed by atoms with Crippen molar-refractivity contribution in [3.8, 4) is 11.1 Å². The molecule has 4 amide bonds. The molecule has 0 radical (unpaired) electrons. The van der Waals surface area contributed by atoms with Crippen LogP contribution in [-0.4, -0.2) is 79.3 Å². The number of benzene rings is 2. The molecule has 5 N–H and O–H groups in total. The summed E-state index contributed by atoms with van der Waals surface area (Å²) in [6, 6.07) is 12.3. The Morgan fingerprint density at radius 1 is 1.19 bits per heavy atom. The molecule has 0 saturated carbocycles. The first-order valence-electron chi connectivity index (χ1n) is 11.7. The lowest BCUT2D eigenvalue weighted by Crippen LogP contribution is -2.52. The van der Waals surface area contributed by atoms with Gasteiger partial charge in [-0.25, -0.2) is 4.79 Å². The molecular weight excluding hydrogens is 466 g/mol. The van der Waals surface area contributed by atoms with E-state index in [-0.39, 0.29) is 38.6 Å². The lowest BCUT2D eigenvalue weighted by atomic mass is 9.99. The first-order chi connectivity index (χ1) is 17.2. The third kappa shape index (κ3) is 5.57. The first kappa shape index (κ1) is 25.0. The minimum absolute atomic E-state index is 0.0144. The molecular formula is C25H29N5O6. The second kappa shape index (κ2) is 10.6. The van der Waals surface area contributed by atoms with Crippen molar-refractivity contribution in [3.05, 3.63) is 48.0 Å². The number of fused-ring (bicyclic) bond motifs is 1. The number of nitrogens with zero attached hydrogens (tertiary/aromatic N) is 2. The predicted octanol–water partition coefficient (Wildman–Crippen LogP) is 1.02. The van der Waals surface area contributed by atoms with Gasteiger partial charge in [-0.05, 0) is 35.2 Å². The fourth-order valence-corrected chi connectivity index (χ4v) is 4.28. The molecule has 0 aromatic heterocycles. The van der Waals surface area contributed by atoms with Crippen LogP contribution in [0.2, 0.25) is 0 Å². The highest BCUT2D eigenvalue weighted by molar-refractivity contribution is 6.03. The van der Waals surface area contributed by atoms with Crippen molar-refractivity contribution in [2.45, 2.75) is 25.0 Å². The van der Waals surface area contributed by atoms with E-state index in [9.17, 15) is 24.3 Å². The van der Waals surface area contributed by atoms with E-state index < -0.39 is 30.1 Å². The monoisotopic (exact) mass is 495 g/mol. The fourth-order valence-electron chi connectivity index (χ4n) is 4.28. The van der Waals surface area contributed by atoms with E-state index in [1.807, 2.05) is 42.5 Å². The van der Waals surface area contributed by atoms with Crippen molar-refractivity contribution in [1.29, 1.82) is 0 Å². The minimum Gasteiger partial charge on any atom is -0.465 e. The number of likely N-dealkylation sites (N-methyl/N-ethyl adjacent to an activating group) is 1. The molecule has 2 aromatic rings. The maximum absolute atomic E-state index is 12.7. The van der Waals surface area contributed by atoms with E-state index in [4.69, 9.17) is 10.5 Å². The molecule has 11 heteroatoms. The average Bonchev–Trinajstić information content (AvgIpc) is 3.13. The Kier molecular flexibility index (Phi) is 7.39. The Labute approximate surface area is 208 Å². The zero-order valence-electron chi connectivity index (χ0n) is 19.9. The predicted molar refractivity (Wildman–Crippen MR) is 133 cm³/mol. The summed E-state index contributed by atoms with van der Waals surface area (Å²) in [6.45, 7) is 0.670. The Morgan fingerprint density at radius 3 is 2.61 bits per heavy atom. The van der Waals surface area contributed by atoms with Gasteiger partial charge in [-0.3, -0.25) is 14.4 Å². The van der Waals surface area contributed by atoms with Crippen molar-refractivity contribution in [2.75, 3.05) is 43.5 Å². The van der Waals surface area contributed by atoms with Gasteiger partial charge in [-0.1, -0.05) is 30.3 Å². The SMILES string of the molecule is CN1C(=O)CNc2ccc(-c3ccc(C[C@H](NC(=O)[C@@H]4CN(C(=O)O)CCCO4)C(N)=O)cc3)cc21. The number of nitrogens with one attached hydrogen (secondary N) is 2. The second-order valence-electron chi connectivity index (χ2n) is 8.84. The van der Waals surface area contributed by atoms with Crippen molar-refractivity contribution in [3.63, 3.8) is 0 Å². The number of primary amides is 1. The van der Waals surface area contributed by atoms with Crippen LogP contribution in [0.3, 0.4) is 0 Å². The van der Waals surface area contributed by atoms with Gasteiger partial charge in [-0.15, -0.1) is 0 Å².